The van der Waals surface area contributed by atoms with E-state index in [1.807, 2.05) is 10.9 Å². The zero-order valence-corrected chi connectivity index (χ0v) is 17.5. The van der Waals surface area contributed by atoms with Gasteiger partial charge in [0.25, 0.3) is 5.91 Å². The Hall–Kier alpha value is -2.39. The molecule has 2 unspecified atom stereocenters. The third-order valence-corrected chi connectivity index (χ3v) is 6.44. The van der Waals surface area contributed by atoms with Crippen LogP contribution in [0.3, 0.4) is 0 Å². The molecule has 9 heteroatoms. The Labute approximate surface area is 171 Å². The lowest BCUT2D eigenvalue weighted by Gasteiger charge is -2.48. The van der Waals surface area contributed by atoms with Gasteiger partial charge in [-0.15, -0.1) is 5.10 Å². The van der Waals surface area contributed by atoms with Crippen LogP contribution in [-0.4, -0.2) is 78.9 Å². The molecule has 2 saturated heterocycles. The molecule has 4 heterocycles. The molecule has 2 atom stereocenters. The summed E-state index contributed by atoms with van der Waals surface area (Å²) in [5.74, 6) is 0.501. The van der Waals surface area contributed by atoms with Crippen LogP contribution in [-0.2, 0) is 13.1 Å². The highest BCUT2D eigenvalue weighted by Gasteiger charge is 2.49. The van der Waals surface area contributed by atoms with Gasteiger partial charge in [-0.25, -0.2) is 14.6 Å². The van der Waals surface area contributed by atoms with E-state index in [2.05, 4.69) is 49.4 Å². The van der Waals surface area contributed by atoms with Crippen LogP contribution in [0.15, 0.2) is 18.5 Å². The second kappa shape index (κ2) is 8.16. The first-order valence-corrected chi connectivity index (χ1v) is 10.4. The van der Waals surface area contributed by atoms with Crippen molar-refractivity contribution in [3.05, 3.63) is 35.7 Å². The van der Waals surface area contributed by atoms with Gasteiger partial charge in [-0.05, 0) is 52.8 Å². The molecule has 29 heavy (non-hydrogen) atoms. The standard InChI is InChI=1S/C20H30N8O/c1-4-28-16(12-22-25-28)13-27-10-5-8-20(14-27)18(7-11-26(20)3)24-19(29)17-6-9-21-15(2)23-17/h6,9,12,18H,4-5,7-8,10-11,13-14H2,1-3H3,(H,24,29). The minimum absolute atomic E-state index is 0.0551. The van der Waals surface area contributed by atoms with Gasteiger partial charge in [0.05, 0.1) is 23.5 Å². The molecule has 156 valence electrons. The van der Waals surface area contributed by atoms with Crippen LogP contribution in [0.25, 0.3) is 0 Å². The Bertz CT molecular complexity index is 868. The van der Waals surface area contributed by atoms with Gasteiger partial charge >= 0.3 is 0 Å². The van der Waals surface area contributed by atoms with Crippen molar-refractivity contribution in [2.24, 2.45) is 0 Å². The summed E-state index contributed by atoms with van der Waals surface area (Å²) in [4.78, 5) is 26.1. The molecule has 4 rings (SSSR count). The maximum atomic E-state index is 12.9. The number of hydrogen-bond acceptors (Lipinski definition) is 7. The number of piperidine rings is 1. The van der Waals surface area contributed by atoms with Crippen LogP contribution in [0.1, 0.15) is 48.2 Å². The van der Waals surface area contributed by atoms with Gasteiger partial charge in [0.1, 0.15) is 11.5 Å². The largest absolute Gasteiger partial charge is 0.346 e. The minimum Gasteiger partial charge on any atom is -0.346 e. The van der Waals surface area contributed by atoms with Crippen molar-refractivity contribution in [2.45, 2.75) is 57.8 Å². The highest BCUT2D eigenvalue weighted by molar-refractivity contribution is 5.92. The Morgan fingerprint density at radius 1 is 1.38 bits per heavy atom. The number of hydrogen-bond donors (Lipinski definition) is 1. The molecule has 2 aliphatic rings. The van der Waals surface area contributed by atoms with E-state index in [1.54, 1.807) is 19.2 Å². The maximum Gasteiger partial charge on any atom is 0.270 e. The number of likely N-dealkylation sites (tertiary alicyclic amines) is 2. The predicted molar refractivity (Wildman–Crippen MR) is 108 cm³/mol. The lowest BCUT2D eigenvalue weighted by atomic mass is 9.82. The van der Waals surface area contributed by atoms with Gasteiger partial charge in [-0.3, -0.25) is 14.6 Å². The molecule has 1 amide bonds. The highest BCUT2D eigenvalue weighted by Crippen LogP contribution is 2.37. The summed E-state index contributed by atoms with van der Waals surface area (Å²) in [6, 6.07) is 1.78. The molecule has 2 aliphatic heterocycles. The van der Waals surface area contributed by atoms with E-state index in [9.17, 15) is 4.79 Å². The lowest BCUT2D eigenvalue weighted by Crippen LogP contribution is -2.63. The summed E-state index contributed by atoms with van der Waals surface area (Å²) in [6.45, 7) is 8.50. The van der Waals surface area contributed by atoms with Crippen LogP contribution < -0.4 is 5.32 Å². The van der Waals surface area contributed by atoms with Crippen LogP contribution in [0.2, 0.25) is 0 Å². The van der Waals surface area contributed by atoms with Gasteiger partial charge in [-0.2, -0.15) is 0 Å². The van der Waals surface area contributed by atoms with Gasteiger partial charge < -0.3 is 5.32 Å². The Kier molecular flexibility index (Phi) is 5.60. The zero-order valence-electron chi connectivity index (χ0n) is 17.5. The normalized spacial score (nSPS) is 25.6. The molecule has 9 nitrogen and oxygen atoms in total. The van der Waals surface area contributed by atoms with Crippen molar-refractivity contribution in [2.75, 3.05) is 26.7 Å². The van der Waals surface area contributed by atoms with E-state index < -0.39 is 0 Å². The molecule has 2 fully saturated rings. The number of likely N-dealkylation sites (N-methyl/N-ethyl adjacent to an activating group) is 1. The third kappa shape index (κ3) is 3.89. The molecular weight excluding hydrogens is 368 g/mol. The molecule has 1 N–H and O–H groups in total. The quantitative estimate of drug-likeness (QED) is 0.799. The van der Waals surface area contributed by atoms with Crippen molar-refractivity contribution < 1.29 is 4.79 Å². The van der Waals surface area contributed by atoms with E-state index in [-0.39, 0.29) is 17.5 Å². The monoisotopic (exact) mass is 398 g/mol. The number of aromatic nitrogens is 5. The van der Waals surface area contributed by atoms with E-state index in [4.69, 9.17) is 0 Å². The zero-order chi connectivity index (χ0) is 20.4. The summed E-state index contributed by atoms with van der Waals surface area (Å²) in [5.41, 5.74) is 1.52. The average Bonchev–Trinajstić information content (AvgIpc) is 3.28. The van der Waals surface area contributed by atoms with Gasteiger partial charge in [0, 0.05) is 32.4 Å². The summed E-state index contributed by atoms with van der Waals surface area (Å²) in [5, 5.41) is 11.5. The number of carbonyl (C=O) groups excluding carboxylic acids is 1. The molecule has 1 spiro atoms. The van der Waals surface area contributed by atoms with Crippen molar-refractivity contribution in [1.29, 1.82) is 0 Å². The second-order valence-corrected chi connectivity index (χ2v) is 8.18. The first-order valence-electron chi connectivity index (χ1n) is 10.4. The summed E-state index contributed by atoms with van der Waals surface area (Å²) in [7, 11) is 2.18. The second-order valence-electron chi connectivity index (χ2n) is 8.18. The number of carbonyl (C=O) groups is 1. The predicted octanol–water partition coefficient (Wildman–Crippen LogP) is 0.865. The molecule has 0 bridgehead atoms. The number of nitrogens with zero attached hydrogens (tertiary/aromatic N) is 7. The fraction of sp³-hybridized carbons (Fsp3) is 0.650. The van der Waals surface area contributed by atoms with E-state index in [0.717, 1.165) is 57.7 Å². The van der Waals surface area contributed by atoms with Crippen LogP contribution in [0, 0.1) is 6.92 Å². The van der Waals surface area contributed by atoms with Crippen molar-refractivity contribution in [1.82, 2.24) is 40.1 Å². The minimum atomic E-state index is -0.111. The summed E-state index contributed by atoms with van der Waals surface area (Å²) >= 11 is 0. The topological polar surface area (TPSA) is 92.1 Å². The fourth-order valence-corrected chi connectivity index (χ4v) is 4.88. The van der Waals surface area contributed by atoms with Crippen LogP contribution in [0.5, 0.6) is 0 Å². The fourth-order valence-electron chi connectivity index (χ4n) is 4.88. The lowest BCUT2D eigenvalue weighted by molar-refractivity contribution is 0.0342. The van der Waals surface area contributed by atoms with Crippen molar-refractivity contribution in [3.63, 3.8) is 0 Å². The molecular formula is C20H30N8O. The number of amides is 1. The number of aryl methyl sites for hydroxylation is 2. The average molecular weight is 399 g/mol. The number of nitrogens with one attached hydrogen (secondary N) is 1. The molecule has 0 saturated carbocycles. The van der Waals surface area contributed by atoms with Crippen LogP contribution >= 0.6 is 0 Å². The van der Waals surface area contributed by atoms with E-state index in [0.29, 0.717) is 11.5 Å². The van der Waals surface area contributed by atoms with Gasteiger partial charge in [0.2, 0.25) is 0 Å². The SMILES string of the molecule is CCn1nncc1CN1CCCC2(C1)C(NC(=O)c1ccnc(C)n1)CCN2C. The van der Waals surface area contributed by atoms with Crippen molar-refractivity contribution in [3.8, 4) is 0 Å². The van der Waals surface area contributed by atoms with Gasteiger partial charge in [-0.1, -0.05) is 5.21 Å². The highest BCUT2D eigenvalue weighted by atomic mass is 16.2. The molecule has 0 radical (unpaired) electrons. The molecule has 0 aromatic carbocycles. The first-order chi connectivity index (χ1) is 14.0. The van der Waals surface area contributed by atoms with E-state index >= 15 is 0 Å². The Morgan fingerprint density at radius 3 is 3.03 bits per heavy atom. The molecule has 2 aromatic heterocycles. The molecule has 2 aromatic rings. The summed E-state index contributed by atoms with van der Waals surface area (Å²) in [6.07, 6.45) is 6.64. The summed E-state index contributed by atoms with van der Waals surface area (Å²) < 4.78 is 1.95. The van der Waals surface area contributed by atoms with Crippen molar-refractivity contribution >= 4 is 5.91 Å². The number of rotatable bonds is 5. The molecule has 0 aliphatic carbocycles. The Balaban J connectivity index is 1.50. The first kappa shape index (κ1) is 19.9. The van der Waals surface area contributed by atoms with Crippen LogP contribution in [0.4, 0.5) is 0 Å². The smallest absolute Gasteiger partial charge is 0.270 e. The maximum absolute atomic E-state index is 12.9. The van der Waals surface area contributed by atoms with E-state index in [1.165, 1.54) is 0 Å². The van der Waals surface area contributed by atoms with Gasteiger partial charge in [0.15, 0.2) is 0 Å². The third-order valence-electron chi connectivity index (χ3n) is 6.44. The Morgan fingerprint density at radius 2 is 2.24 bits per heavy atom.